The van der Waals surface area contributed by atoms with Crippen LogP contribution in [0.25, 0.3) is 0 Å². The van der Waals surface area contributed by atoms with E-state index in [1.807, 2.05) is 88.2 Å². The van der Waals surface area contributed by atoms with Crippen molar-refractivity contribution in [1.29, 1.82) is 0 Å². The van der Waals surface area contributed by atoms with Crippen LogP contribution in [0.3, 0.4) is 0 Å². The highest BCUT2D eigenvalue weighted by Crippen LogP contribution is 2.23. The predicted molar refractivity (Wildman–Crippen MR) is 151 cm³/mol. The second-order valence-electron chi connectivity index (χ2n) is 10.9. The SMILES string of the molecule is COc1cccc(Cn2cccc2CN(C(=O)CN(CC(C)C)C(=O)c2ccccc2OC)C(C)(C)C)c1. The molecule has 0 atom stereocenters. The Hall–Kier alpha value is -3.74. The van der Waals surface area contributed by atoms with Crippen LogP contribution in [0, 0.1) is 5.92 Å². The minimum Gasteiger partial charge on any atom is -0.497 e. The number of hydrogen-bond donors (Lipinski definition) is 0. The van der Waals surface area contributed by atoms with Crippen molar-refractivity contribution in [3.8, 4) is 11.5 Å². The highest BCUT2D eigenvalue weighted by Gasteiger charge is 2.31. The number of nitrogens with zero attached hydrogens (tertiary/aromatic N) is 3. The molecule has 7 nitrogen and oxygen atoms in total. The summed E-state index contributed by atoms with van der Waals surface area (Å²) in [5.41, 5.74) is 2.14. The third kappa shape index (κ3) is 7.40. The van der Waals surface area contributed by atoms with Crippen molar-refractivity contribution >= 4 is 11.8 Å². The lowest BCUT2D eigenvalue weighted by Gasteiger charge is -2.38. The molecule has 204 valence electrons. The van der Waals surface area contributed by atoms with E-state index in [9.17, 15) is 9.59 Å². The number of hydrogen-bond acceptors (Lipinski definition) is 4. The van der Waals surface area contributed by atoms with Gasteiger partial charge in [-0.2, -0.15) is 0 Å². The first kappa shape index (κ1) is 28.8. The summed E-state index contributed by atoms with van der Waals surface area (Å²) in [6, 6.07) is 19.2. The zero-order valence-corrected chi connectivity index (χ0v) is 23.7. The minimum atomic E-state index is -0.445. The molecule has 0 unspecified atom stereocenters. The summed E-state index contributed by atoms with van der Waals surface area (Å²) in [4.78, 5) is 30.9. The van der Waals surface area contributed by atoms with Crippen molar-refractivity contribution in [2.75, 3.05) is 27.3 Å². The monoisotopic (exact) mass is 519 g/mol. The average Bonchev–Trinajstić information content (AvgIpc) is 3.31. The average molecular weight is 520 g/mol. The van der Waals surface area contributed by atoms with Gasteiger partial charge in [-0.15, -0.1) is 0 Å². The Morgan fingerprint density at radius 1 is 0.947 bits per heavy atom. The number of benzene rings is 2. The minimum absolute atomic E-state index is 0.0110. The topological polar surface area (TPSA) is 64.0 Å². The van der Waals surface area contributed by atoms with E-state index >= 15 is 0 Å². The van der Waals surface area contributed by atoms with E-state index in [2.05, 4.69) is 10.6 Å². The Morgan fingerprint density at radius 3 is 2.34 bits per heavy atom. The van der Waals surface area contributed by atoms with Gasteiger partial charge in [-0.25, -0.2) is 0 Å². The number of rotatable bonds is 11. The van der Waals surface area contributed by atoms with Crippen LogP contribution in [-0.2, 0) is 17.9 Å². The van der Waals surface area contributed by atoms with E-state index in [1.54, 1.807) is 31.3 Å². The molecule has 2 aromatic carbocycles. The van der Waals surface area contributed by atoms with Crippen LogP contribution in [0.4, 0.5) is 0 Å². The Kier molecular flexibility index (Phi) is 9.61. The van der Waals surface area contributed by atoms with E-state index in [1.165, 1.54) is 0 Å². The summed E-state index contributed by atoms with van der Waals surface area (Å²) in [5, 5.41) is 0. The third-order valence-corrected chi connectivity index (χ3v) is 6.38. The number of amides is 2. The molecule has 3 aromatic rings. The Morgan fingerprint density at radius 2 is 1.68 bits per heavy atom. The molecule has 0 saturated carbocycles. The van der Waals surface area contributed by atoms with Gasteiger partial charge in [-0.1, -0.05) is 38.1 Å². The predicted octanol–water partition coefficient (Wildman–Crippen LogP) is 5.48. The van der Waals surface area contributed by atoms with Gasteiger partial charge in [-0.3, -0.25) is 9.59 Å². The maximum atomic E-state index is 13.8. The molecule has 1 heterocycles. The van der Waals surface area contributed by atoms with Gasteiger partial charge >= 0.3 is 0 Å². The van der Waals surface area contributed by atoms with Crippen LogP contribution in [0.1, 0.15) is 56.2 Å². The lowest BCUT2D eigenvalue weighted by Crippen LogP contribution is -2.51. The molecular weight excluding hydrogens is 478 g/mol. The van der Waals surface area contributed by atoms with Crippen molar-refractivity contribution in [2.45, 2.75) is 53.2 Å². The van der Waals surface area contributed by atoms with Crippen LogP contribution in [0.2, 0.25) is 0 Å². The molecule has 0 radical (unpaired) electrons. The highest BCUT2D eigenvalue weighted by molar-refractivity contribution is 5.98. The summed E-state index contributed by atoms with van der Waals surface area (Å²) in [6.45, 7) is 11.7. The van der Waals surface area contributed by atoms with Crippen molar-refractivity contribution in [2.24, 2.45) is 5.92 Å². The summed E-state index contributed by atoms with van der Waals surface area (Å²) < 4.78 is 12.9. The number of ether oxygens (including phenoxy) is 2. The molecule has 0 spiro atoms. The van der Waals surface area contributed by atoms with Gasteiger partial charge in [0.05, 0.1) is 26.3 Å². The fourth-order valence-corrected chi connectivity index (χ4v) is 4.48. The molecule has 0 N–H and O–H groups in total. The summed E-state index contributed by atoms with van der Waals surface area (Å²) in [5.74, 6) is 1.20. The summed E-state index contributed by atoms with van der Waals surface area (Å²) >= 11 is 0. The maximum Gasteiger partial charge on any atom is 0.258 e. The number of para-hydroxylation sites is 1. The van der Waals surface area contributed by atoms with Gasteiger partial charge in [0.1, 0.15) is 18.0 Å². The van der Waals surface area contributed by atoms with Crippen LogP contribution in [0.15, 0.2) is 66.9 Å². The number of carbonyl (C=O) groups excluding carboxylic acids is 2. The lowest BCUT2D eigenvalue weighted by molar-refractivity contribution is -0.137. The maximum absolute atomic E-state index is 13.8. The second kappa shape index (κ2) is 12.7. The molecule has 38 heavy (non-hydrogen) atoms. The van der Waals surface area contributed by atoms with E-state index < -0.39 is 5.54 Å². The first-order valence-electron chi connectivity index (χ1n) is 13.0. The van der Waals surface area contributed by atoms with Crippen molar-refractivity contribution < 1.29 is 19.1 Å². The smallest absolute Gasteiger partial charge is 0.258 e. The number of aromatic nitrogens is 1. The van der Waals surface area contributed by atoms with Gasteiger partial charge in [-0.05, 0) is 68.7 Å². The first-order chi connectivity index (χ1) is 18.0. The summed E-state index contributed by atoms with van der Waals surface area (Å²) in [6.07, 6.45) is 2.02. The zero-order valence-electron chi connectivity index (χ0n) is 23.7. The normalized spacial score (nSPS) is 11.4. The third-order valence-electron chi connectivity index (χ3n) is 6.38. The van der Waals surface area contributed by atoms with Gasteiger partial charge in [0, 0.05) is 30.5 Å². The lowest BCUT2D eigenvalue weighted by atomic mass is 10.0. The fourth-order valence-electron chi connectivity index (χ4n) is 4.48. The van der Waals surface area contributed by atoms with Gasteiger partial charge in [0.2, 0.25) is 5.91 Å². The zero-order chi connectivity index (χ0) is 27.9. The molecular formula is C31H41N3O4. The fraction of sp³-hybridized carbons (Fsp3) is 0.419. The van der Waals surface area contributed by atoms with E-state index in [0.717, 1.165) is 17.0 Å². The van der Waals surface area contributed by atoms with Gasteiger partial charge < -0.3 is 23.8 Å². The van der Waals surface area contributed by atoms with Crippen LogP contribution < -0.4 is 9.47 Å². The van der Waals surface area contributed by atoms with E-state index in [0.29, 0.717) is 30.9 Å². The van der Waals surface area contributed by atoms with Crippen molar-refractivity contribution in [3.63, 3.8) is 0 Å². The molecule has 7 heteroatoms. The van der Waals surface area contributed by atoms with Crippen LogP contribution in [-0.4, -0.2) is 59.0 Å². The standard InChI is InChI=1S/C31H41N3O4/c1-23(2)19-33(30(36)27-15-8-9-16-28(27)38-7)22-29(35)34(31(3,4)5)21-25-13-11-17-32(25)20-24-12-10-14-26(18-24)37-6/h8-18,23H,19-22H2,1-7H3. The molecule has 0 fully saturated rings. The van der Waals surface area contributed by atoms with E-state index in [4.69, 9.17) is 9.47 Å². The van der Waals surface area contributed by atoms with E-state index in [-0.39, 0.29) is 24.3 Å². The Labute approximate surface area is 227 Å². The first-order valence-corrected chi connectivity index (χ1v) is 13.0. The Bertz CT molecular complexity index is 1230. The molecule has 0 aliphatic carbocycles. The Balaban J connectivity index is 1.84. The molecule has 0 aliphatic heterocycles. The number of methoxy groups -OCH3 is 2. The molecule has 2 amide bonds. The molecule has 1 aromatic heterocycles. The van der Waals surface area contributed by atoms with Crippen molar-refractivity contribution in [1.82, 2.24) is 14.4 Å². The van der Waals surface area contributed by atoms with Crippen molar-refractivity contribution in [3.05, 3.63) is 83.7 Å². The molecule has 0 aliphatic rings. The highest BCUT2D eigenvalue weighted by atomic mass is 16.5. The number of carbonyl (C=O) groups is 2. The van der Waals surface area contributed by atoms with Gasteiger partial charge in [0.15, 0.2) is 0 Å². The quantitative estimate of drug-likeness (QED) is 0.337. The van der Waals surface area contributed by atoms with Crippen LogP contribution >= 0.6 is 0 Å². The second-order valence-corrected chi connectivity index (χ2v) is 10.9. The molecule has 0 bridgehead atoms. The molecule has 3 rings (SSSR count). The molecule has 0 saturated heterocycles. The van der Waals surface area contributed by atoms with Gasteiger partial charge in [0.25, 0.3) is 5.91 Å². The largest absolute Gasteiger partial charge is 0.497 e. The summed E-state index contributed by atoms with van der Waals surface area (Å²) in [7, 11) is 3.21. The van der Waals surface area contributed by atoms with Crippen LogP contribution in [0.5, 0.6) is 11.5 Å².